The molecule has 1 aromatic carbocycles. The number of nitrogens with zero attached hydrogens (tertiary/aromatic N) is 3. The fourth-order valence-electron chi connectivity index (χ4n) is 4.06. The van der Waals surface area contributed by atoms with Gasteiger partial charge in [0.25, 0.3) is 5.91 Å². The SMILES string of the molecule is Cc1ccc(C(=O)N2CCC(=O)N(Cc3ccc(F)cc3)C3(CCOC3)C2)cn1. The van der Waals surface area contributed by atoms with Gasteiger partial charge in [-0.3, -0.25) is 14.6 Å². The van der Waals surface area contributed by atoms with Gasteiger partial charge in [0.2, 0.25) is 5.91 Å². The van der Waals surface area contributed by atoms with Crippen LogP contribution >= 0.6 is 0 Å². The van der Waals surface area contributed by atoms with Gasteiger partial charge in [0, 0.05) is 44.6 Å². The first-order valence-corrected chi connectivity index (χ1v) is 9.81. The monoisotopic (exact) mass is 397 g/mol. The van der Waals surface area contributed by atoms with Gasteiger partial charge in [-0.2, -0.15) is 0 Å². The summed E-state index contributed by atoms with van der Waals surface area (Å²) in [5.74, 6) is -0.448. The maximum absolute atomic E-state index is 13.3. The van der Waals surface area contributed by atoms with Gasteiger partial charge >= 0.3 is 0 Å². The number of rotatable bonds is 3. The molecule has 29 heavy (non-hydrogen) atoms. The number of amides is 2. The third-order valence-corrected chi connectivity index (χ3v) is 5.74. The summed E-state index contributed by atoms with van der Waals surface area (Å²) in [6.45, 7) is 3.94. The van der Waals surface area contributed by atoms with Crippen molar-refractivity contribution in [1.29, 1.82) is 0 Å². The van der Waals surface area contributed by atoms with Gasteiger partial charge in [-0.15, -0.1) is 0 Å². The summed E-state index contributed by atoms with van der Waals surface area (Å²) in [6.07, 6.45) is 2.49. The largest absolute Gasteiger partial charge is 0.379 e. The number of ether oxygens (including phenoxy) is 1. The summed E-state index contributed by atoms with van der Waals surface area (Å²) in [4.78, 5) is 33.9. The lowest BCUT2D eigenvalue weighted by atomic mass is 9.94. The molecule has 2 aliphatic heterocycles. The highest BCUT2D eigenvalue weighted by molar-refractivity contribution is 5.94. The van der Waals surface area contributed by atoms with Crippen LogP contribution in [0.15, 0.2) is 42.6 Å². The minimum Gasteiger partial charge on any atom is -0.379 e. The van der Waals surface area contributed by atoms with Gasteiger partial charge in [-0.1, -0.05) is 12.1 Å². The van der Waals surface area contributed by atoms with Crippen molar-refractivity contribution in [1.82, 2.24) is 14.8 Å². The van der Waals surface area contributed by atoms with E-state index in [1.165, 1.54) is 12.1 Å². The Morgan fingerprint density at radius 2 is 2.03 bits per heavy atom. The highest BCUT2D eigenvalue weighted by Crippen LogP contribution is 2.32. The van der Waals surface area contributed by atoms with Gasteiger partial charge in [0.1, 0.15) is 5.82 Å². The smallest absolute Gasteiger partial charge is 0.255 e. The molecule has 1 aromatic heterocycles. The molecule has 1 unspecified atom stereocenters. The molecular formula is C22H24FN3O3. The minimum atomic E-state index is -0.574. The normalized spacial score (nSPS) is 22.2. The zero-order chi connectivity index (χ0) is 20.4. The van der Waals surface area contributed by atoms with E-state index in [0.29, 0.717) is 44.8 Å². The van der Waals surface area contributed by atoms with E-state index in [1.807, 2.05) is 17.9 Å². The molecule has 0 saturated carbocycles. The number of halogens is 1. The summed E-state index contributed by atoms with van der Waals surface area (Å²) in [6, 6.07) is 9.76. The van der Waals surface area contributed by atoms with Crippen LogP contribution < -0.4 is 0 Å². The summed E-state index contributed by atoms with van der Waals surface area (Å²) >= 11 is 0. The van der Waals surface area contributed by atoms with Gasteiger partial charge in [-0.25, -0.2) is 4.39 Å². The van der Waals surface area contributed by atoms with Crippen molar-refractivity contribution in [3.05, 3.63) is 65.2 Å². The molecule has 4 rings (SSSR count). The van der Waals surface area contributed by atoms with E-state index in [1.54, 1.807) is 29.3 Å². The van der Waals surface area contributed by atoms with Crippen LogP contribution in [0.1, 0.15) is 34.5 Å². The van der Waals surface area contributed by atoms with E-state index in [-0.39, 0.29) is 24.1 Å². The van der Waals surface area contributed by atoms with Crippen LogP contribution in [0.3, 0.4) is 0 Å². The van der Waals surface area contributed by atoms with E-state index >= 15 is 0 Å². The predicted octanol–water partition coefficient (Wildman–Crippen LogP) is 2.56. The number of carbonyl (C=O) groups excluding carboxylic acids is 2. The average Bonchev–Trinajstić information content (AvgIpc) is 3.14. The molecule has 0 N–H and O–H groups in total. The number of carbonyl (C=O) groups is 2. The highest BCUT2D eigenvalue weighted by atomic mass is 19.1. The van der Waals surface area contributed by atoms with Crippen molar-refractivity contribution < 1.29 is 18.7 Å². The van der Waals surface area contributed by atoms with Crippen LogP contribution in [0.25, 0.3) is 0 Å². The fraction of sp³-hybridized carbons (Fsp3) is 0.409. The first kappa shape index (κ1) is 19.5. The third kappa shape index (κ3) is 4.00. The fourth-order valence-corrected chi connectivity index (χ4v) is 4.06. The first-order valence-electron chi connectivity index (χ1n) is 9.81. The average molecular weight is 397 g/mol. The maximum atomic E-state index is 13.3. The Labute approximate surface area is 169 Å². The second kappa shape index (κ2) is 7.91. The number of benzene rings is 1. The molecule has 0 aliphatic carbocycles. The summed E-state index contributed by atoms with van der Waals surface area (Å²) < 4.78 is 19.0. The summed E-state index contributed by atoms with van der Waals surface area (Å²) in [7, 11) is 0. The van der Waals surface area contributed by atoms with Crippen molar-refractivity contribution in [2.75, 3.05) is 26.3 Å². The number of hydrogen-bond donors (Lipinski definition) is 0. The third-order valence-electron chi connectivity index (χ3n) is 5.74. The van der Waals surface area contributed by atoms with E-state index in [9.17, 15) is 14.0 Å². The molecule has 3 heterocycles. The van der Waals surface area contributed by atoms with Crippen LogP contribution in [0.4, 0.5) is 4.39 Å². The number of hydrogen-bond acceptors (Lipinski definition) is 4. The Balaban J connectivity index is 1.61. The Kier molecular flexibility index (Phi) is 5.32. The van der Waals surface area contributed by atoms with Crippen molar-refractivity contribution in [2.45, 2.75) is 31.8 Å². The second-order valence-corrected chi connectivity index (χ2v) is 7.80. The number of pyridine rings is 1. The zero-order valence-electron chi connectivity index (χ0n) is 16.4. The van der Waals surface area contributed by atoms with E-state index in [4.69, 9.17) is 4.74 Å². The van der Waals surface area contributed by atoms with Crippen molar-refractivity contribution in [2.24, 2.45) is 0 Å². The first-order chi connectivity index (χ1) is 14.0. The Morgan fingerprint density at radius 1 is 1.24 bits per heavy atom. The van der Waals surface area contributed by atoms with Crippen molar-refractivity contribution in [3.63, 3.8) is 0 Å². The van der Waals surface area contributed by atoms with Crippen molar-refractivity contribution >= 4 is 11.8 Å². The lowest BCUT2D eigenvalue weighted by Gasteiger charge is -2.40. The van der Waals surface area contributed by atoms with Gasteiger partial charge < -0.3 is 14.5 Å². The molecule has 2 amide bonds. The molecule has 2 aromatic rings. The van der Waals surface area contributed by atoms with Crippen LogP contribution in [-0.4, -0.2) is 58.4 Å². The summed E-state index contributed by atoms with van der Waals surface area (Å²) in [5.41, 5.74) is 1.65. The Bertz CT molecular complexity index is 893. The van der Waals surface area contributed by atoms with Gasteiger partial charge in [-0.05, 0) is 43.2 Å². The lowest BCUT2D eigenvalue weighted by Crippen LogP contribution is -2.56. The van der Waals surface area contributed by atoms with Crippen LogP contribution in [0.5, 0.6) is 0 Å². The highest BCUT2D eigenvalue weighted by Gasteiger charge is 2.47. The topological polar surface area (TPSA) is 62.7 Å². The van der Waals surface area contributed by atoms with Gasteiger partial charge in [0.05, 0.1) is 17.7 Å². The van der Waals surface area contributed by atoms with E-state index in [0.717, 1.165) is 11.3 Å². The molecule has 2 saturated heterocycles. The van der Waals surface area contributed by atoms with E-state index in [2.05, 4.69) is 4.98 Å². The maximum Gasteiger partial charge on any atom is 0.255 e. The molecular weight excluding hydrogens is 373 g/mol. The quantitative estimate of drug-likeness (QED) is 0.799. The van der Waals surface area contributed by atoms with Crippen LogP contribution in [0, 0.1) is 12.7 Å². The second-order valence-electron chi connectivity index (χ2n) is 7.80. The van der Waals surface area contributed by atoms with Gasteiger partial charge in [0.15, 0.2) is 0 Å². The summed E-state index contributed by atoms with van der Waals surface area (Å²) in [5, 5.41) is 0. The molecule has 0 radical (unpaired) electrons. The lowest BCUT2D eigenvalue weighted by molar-refractivity contribution is -0.137. The molecule has 1 spiro atoms. The van der Waals surface area contributed by atoms with Crippen LogP contribution in [-0.2, 0) is 16.1 Å². The van der Waals surface area contributed by atoms with E-state index < -0.39 is 5.54 Å². The molecule has 7 heteroatoms. The number of aromatic nitrogens is 1. The Morgan fingerprint density at radius 3 is 2.69 bits per heavy atom. The molecule has 152 valence electrons. The zero-order valence-corrected chi connectivity index (χ0v) is 16.4. The van der Waals surface area contributed by atoms with Crippen molar-refractivity contribution in [3.8, 4) is 0 Å². The molecule has 1 atom stereocenters. The molecule has 6 nitrogen and oxygen atoms in total. The minimum absolute atomic E-state index is 0.0165. The molecule has 0 bridgehead atoms. The van der Waals surface area contributed by atoms with Crippen LogP contribution in [0.2, 0.25) is 0 Å². The number of aryl methyl sites for hydroxylation is 1. The molecule has 2 fully saturated rings. The standard InChI is InChI=1S/C22H24FN3O3/c1-16-2-5-18(12-24-16)21(28)25-10-8-20(27)26(22(14-25)9-11-29-15-22)13-17-3-6-19(23)7-4-17/h2-7,12H,8-11,13-15H2,1H3. The predicted molar refractivity (Wildman–Crippen MR) is 105 cm³/mol. The molecule has 2 aliphatic rings. The Hall–Kier alpha value is -2.80.